The summed E-state index contributed by atoms with van der Waals surface area (Å²) in [6.45, 7) is 4.06. The fraction of sp³-hybridized carbons (Fsp3) is 0.385. The number of unbranched alkanes of at least 4 members (excludes halogenated alkanes) is 1. The van der Waals surface area contributed by atoms with Crippen LogP contribution in [0, 0.1) is 0 Å². The van der Waals surface area contributed by atoms with Gasteiger partial charge in [0.1, 0.15) is 0 Å². The second kappa shape index (κ2) is 7.22. The Morgan fingerprint density at radius 2 is 2.24 bits per heavy atom. The zero-order valence-corrected chi connectivity index (χ0v) is 11.8. The third-order valence-corrected chi connectivity index (χ3v) is 2.82. The van der Waals surface area contributed by atoms with Gasteiger partial charge >= 0.3 is 0 Å². The van der Waals surface area contributed by atoms with Crippen LogP contribution in [0.15, 0.2) is 33.8 Å². The molecule has 1 aromatic rings. The summed E-state index contributed by atoms with van der Waals surface area (Å²) in [5.41, 5.74) is 4.12. The Morgan fingerprint density at radius 1 is 1.47 bits per heavy atom. The van der Waals surface area contributed by atoms with Gasteiger partial charge in [0.2, 0.25) is 0 Å². The molecule has 0 saturated heterocycles. The van der Waals surface area contributed by atoms with Crippen LogP contribution in [-0.2, 0) is 0 Å². The van der Waals surface area contributed by atoms with E-state index in [9.17, 15) is 4.79 Å². The van der Waals surface area contributed by atoms with Gasteiger partial charge in [-0.3, -0.25) is 4.79 Å². The van der Waals surface area contributed by atoms with Crippen LogP contribution < -0.4 is 5.43 Å². The van der Waals surface area contributed by atoms with Gasteiger partial charge in [-0.05, 0) is 38.0 Å². The molecule has 0 aromatic heterocycles. The van der Waals surface area contributed by atoms with E-state index >= 15 is 0 Å². The van der Waals surface area contributed by atoms with Crippen molar-refractivity contribution in [2.75, 3.05) is 0 Å². The fourth-order valence-corrected chi connectivity index (χ4v) is 1.73. The molecule has 0 atom stereocenters. The lowest BCUT2D eigenvalue weighted by Crippen LogP contribution is -2.18. The van der Waals surface area contributed by atoms with Crippen molar-refractivity contribution in [3.8, 4) is 0 Å². The first-order chi connectivity index (χ1) is 8.13. The summed E-state index contributed by atoms with van der Waals surface area (Å²) in [5, 5.41) is 4.07. The van der Waals surface area contributed by atoms with Crippen molar-refractivity contribution < 1.29 is 4.79 Å². The molecule has 0 fully saturated rings. The van der Waals surface area contributed by atoms with E-state index in [4.69, 9.17) is 0 Å². The van der Waals surface area contributed by atoms with Crippen LogP contribution in [0.2, 0.25) is 0 Å². The van der Waals surface area contributed by atoms with E-state index in [1.54, 1.807) is 12.1 Å². The third kappa shape index (κ3) is 5.13. The molecule has 3 nitrogen and oxygen atoms in total. The molecule has 0 aliphatic heterocycles. The van der Waals surface area contributed by atoms with Crippen molar-refractivity contribution >= 4 is 27.5 Å². The summed E-state index contributed by atoms with van der Waals surface area (Å²) in [7, 11) is 0. The topological polar surface area (TPSA) is 41.5 Å². The van der Waals surface area contributed by atoms with Crippen molar-refractivity contribution in [1.82, 2.24) is 5.43 Å². The Morgan fingerprint density at radius 3 is 2.88 bits per heavy atom. The SMILES string of the molecule is CCCC/C(C)=N\NC(=O)c1cccc(Br)c1. The number of halogens is 1. The highest BCUT2D eigenvalue weighted by Gasteiger charge is 2.04. The van der Waals surface area contributed by atoms with Crippen molar-refractivity contribution in [3.63, 3.8) is 0 Å². The first-order valence-corrected chi connectivity index (χ1v) is 6.52. The van der Waals surface area contributed by atoms with Crippen LogP contribution in [-0.4, -0.2) is 11.6 Å². The second-order valence-electron chi connectivity index (χ2n) is 3.90. The highest BCUT2D eigenvalue weighted by Crippen LogP contribution is 2.11. The molecule has 92 valence electrons. The van der Waals surface area contributed by atoms with Gasteiger partial charge in [0, 0.05) is 15.7 Å². The maximum Gasteiger partial charge on any atom is 0.271 e. The summed E-state index contributed by atoms with van der Waals surface area (Å²) in [4.78, 5) is 11.7. The Kier molecular flexibility index (Phi) is 5.91. The summed E-state index contributed by atoms with van der Waals surface area (Å²) in [6.07, 6.45) is 3.16. The Labute approximate surface area is 110 Å². The first-order valence-electron chi connectivity index (χ1n) is 5.72. The molecule has 0 saturated carbocycles. The minimum Gasteiger partial charge on any atom is -0.267 e. The quantitative estimate of drug-likeness (QED) is 0.652. The number of rotatable bonds is 5. The van der Waals surface area contributed by atoms with Crippen molar-refractivity contribution in [3.05, 3.63) is 34.3 Å². The molecule has 0 bridgehead atoms. The normalized spacial score (nSPS) is 11.4. The number of nitrogens with one attached hydrogen (secondary N) is 1. The molecule has 1 N–H and O–H groups in total. The van der Waals surface area contributed by atoms with Gasteiger partial charge in [-0.25, -0.2) is 5.43 Å². The number of benzene rings is 1. The predicted molar refractivity (Wildman–Crippen MR) is 74.2 cm³/mol. The number of amides is 1. The Bertz CT molecular complexity index is 416. The van der Waals surface area contributed by atoms with Gasteiger partial charge < -0.3 is 0 Å². The number of hydrogen-bond donors (Lipinski definition) is 1. The van der Waals surface area contributed by atoms with E-state index in [-0.39, 0.29) is 5.91 Å². The van der Waals surface area contributed by atoms with Crippen molar-refractivity contribution in [2.45, 2.75) is 33.1 Å². The van der Waals surface area contributed by atoms with Crippen LogP contribution in [0.3, 0.4) is 0 Å². The van der Waals surface area contributed by atoms with Gasteiger partial charge in [-0.1, -0.05) is 35.3 Å². The number of carbonyl (C=O) groups excluding carboxylic acids is 1. The molecule has 4 heteroatoms. The van der Waals surface area contributed by atoms with Crippen LogP contribution >= 0.6 is 15.9 Å². The summed E-state index contributed by atoms with van der Waals surface area (Å²) in [5.74, 6) is -0.179. The minimum absolute atomic E-state index is 0.179. The van der Waals surface area contributed by atoms with Crippen LogP contribution in [0.25, 0.3) is 0 Å². The van der Waals surface area contributed by atoms with E-state index in [0.717, 1.165) is 29.4 Å². The van der Waals surface area contributed by atoms with Gasteiger partial charge in [-0.2, -0.15) is 5.10 Å². The summed E-state index contributed by atoms with van der Waals surface area (Å²) < 4.78 is 0.886. The number of hydrazone groups is 1. The molecule has 1 rings (SSSR count). The zero-order valence-electron chi connectivity index (χ0n) is 10.2. The maximum atomic E-state index is 11.7. The monoisotopic (exact) mass is 296 g/mol. The maximum absolute atomic E-state index is 11.7. The van der Waals surface area contributed by atoms with Gasteiger partial charge in [0.15, 0.2) is 0 Å². The van der Waals surface area contributed by atoms with E-state index in [1.165, 1.54) is 0 Å². The average Bonchev–Trinajstić information content (AvgIpc) is 2.33. The minimum atomic E-state index is -0.179. The van der Waals surface area contributed by atoms with Crippen molar-refractivity contribution in [1.29, 1.82) is 0 Å². The highest BCUT2D eigenvalue weighted by atomic mass is 79.9. The lowest BCUT2D eigenvalue weighted by molar-refractivity contribution is 0.0954. The largest absolute Gasteiger partial charge is 0.271 e. The number of carbonyl (C=O) groups is 1. The lowest BCUT2D eigenvalue weighted by Gasteiger charge is -2.02. The Balaban J connectivity index is 2.55. The molecule has 0 spiro atoms. The van der Waals surface area contributed by atoms with Gasteiger partial charge in [-0.15, -0.1) is 0 Å². The van der Waals surface area contributed by atoms with Gasteiger partial charge in [0.05, 0.1) is 0 Å². The zero-order chi connectivity index (χ0) is 12.7. The average molecular weight is 297 g/mol. The molecular formula is C13H17BrN2O. The molecule has 1 amide bonds. The lowest BCUT2D eigenvalue weighted by atomic mass is 10.2. The summed E-state index contributed by atoms with van der Waals surface area (Å²) in [6, 6.07) is 7.24. The third-order valence-electron chi connectivity index (χ3n) is 2.33. The molecule has 0 aliphatic rings. The van der Waals surface area contributed by atoms with Crippen molar-refractivity contribution in [2.24, 2.45) is 5.10 Å². The smallest absolute Gasteiger partial charge is 0.267 e. The molecule has 17 heavy (non-hydrogen) atoms. The first kappa shape index (κ1) is 13.9. The van der Waals surface area contributed by atoms with Crippen LogP contribution in [0.1, 0.15) is 43.5 Å². The van der Waals surface area contributed by atoms with Crippen LogP contribution in [0.5, 0.6) is 0 Å². The summed E-state index contributed by atoms with van der Waals surface area (Å²) >= 11 is 3.33. The number of nitrogens with zero attached hydrogens (tertiary/aromatic N) is 1. The molecule has 0 aliphatic carbocycles. The number of hydrogen-bond acceptors (Lipinski definition) is 2. The van der Waals surface area contributed by atoms with Crippen LogP contribution in [0.4, 0.5) is 0 Å². The van der Waals surface area contributed by atoms with E-state index in [2.05, 4.69) is 33.4 Å². The Hall–Kier alpha value is -1.16. The van der Waals surface area contributed by atoms with E-state index < -0.39 is 0 Å². The standard InChI is InChI=1S/C13H17BrN2O/c1-3-4-6-10(2)15-16-13(17)11-7-5-8-12(14)9-11/h5,7-9H,3-4,6H2,1-2H3,(H,16,17)/b15-10-. The van der Waals surface area contributed by atoms with E-state index in [0.29, 0.717) is 5.56 Å². The van der Waals surface area contributed by atoms with Gasteiger partial charge in [0.25, 0.3) is 5.91 Å². The fourth-order valence-electron chi connectivity index (χ4n) is 1.33. The van der Waals surface area contributed by atoms with E-state index in [1.807, 2.05) is 19.1 Å². The molecule has 1 aromatic carbocycles. The molecular weight excluding hydrogens is 280 g/mol. The molecule has 0 unspecified atom stereocenters. The second-order valence-corrected chi connectivity index (χ2v) is 4.82. The molecule has 0 radical (unpaired) electrons. The molecule has 0 heterocycles. The predicted octanol–water partition coefficient (Wildman–Crippen LogP) is 3.75. The highest BCUT2D eigenvalue weighted by molar-refractivity contribution is 9.10.